The molecule has 2 aliphatic heterocycles. The van der Waals surface area contributed by atoms with Crippen molar-refractivity contribution in [1.29, 1.82) is 0 Å². The Labute approximate surface area is 238 Å². The molecule has 2 saturated heterocycles. The quantitative estimate of drug-likeness (QED) is 0.251. The molecule has 2 fully saturated rings. The van der Waals surface area contributed by atoms with Crippen LogP contribution in [0.4, 0.5) is 16.2 Å². The van der Waals surface area contributed by atoms with Crippen molar-refractivity contribution in [2.45, 2.75) is 50.5 Å². The maximum Gasteiger partial charge on any atom is 0.319 e. The highest BCUT2D eigenvalue weighted by Gasteiger charge is 2.26. The number of hydrogen-bond donors (Lipinski definition) is 2. The zero-order valence-corrected chi connectivity index (χ0v) is 23.6. The average Bonchev–Trinajstić information content (AvgIpc) is 2.91. The Balaban J connectivity index is 1.32. The zero-order valence-electron chi connectivity index (χ0n) is 21.3. The molecule has 2 amide bonds. The normalized spacial score (nSPS) is 18.2. The molecule has 1 unspecified atom stereocenters. The molecule has 2 aromatic carbocycles. The molecule has 206 valence electrons. The first-order valence-electron chi connectivity index (χ1n) is 13.2. The number of nitro groups is 1. The first-order chi connectivity index (χ1) is 18.3. The van der Waals surface area contributed by atoms with Gasteiger partial charge in [-0.05, 0) is 94.7 Å². The van der Waals surface area contributed by atoms with E-state index < -0.39 is 11.0 Å². The monoisotopic (exact) mass is 581 g/mol. The fourth-order valence-corrected chi connectivity index (χ4v) is 5.96. The van der Waals surface area contributed by atoms with Gasteiger partial charge in [-0.1, -0.05) is 47.3 Å². The van der Waals surface area contributed by atoms with Gasteiger partial charge >= 0.3 is 6.03 Å². The summed E-state index contributed by atoms with van der Waals surface area (Å²) in [6.07, 6.45) is 7.27. The summed E-state index contributed by atoms with van der Waals surface area (Å²) in [6, 6.07) is 9.99. The highest BCUT2D eigenvalue weighted by atomic mass is 35.5. The largest absolute Gasteiger partial charge is 0.337 e. The minimum Gasteiger partial charge on any atom is -0.337 e. The molecule has 0 spiro atoms. The van der Waals surface area contributed by atoms with Crippen LogP contribution in [-0.2, 0) is 0 Å². The number of nitrogens with one attached hydrogen (secondary N) is 2. The van der Waals surface area contributed by atoms with Crippen molar-refractivity contribution in [1.82, 2.24) is 15.1 Å². The van der Waals surface area contributed by atoms with Gasteiger partial charge in [-0.25, -0.2) is 4.79 Å². The molecule has 0 aliphatic carbocycles. The lowest BCUT2D eigenvalue weighted by atomic mass is 9.94. The summed E-state index contributed by atoms with van der Waals surface area (Å²) in [5, 5.41) is 17.5. The van der Waals surface area contributed by atoms with E-state index in [1.165, 1.54) is 63.4 Å². The van der Waals surface area contributed by atoms with Crippen LogP contribution >= 0.6 is 34.8 Å². The summed E-state index contributed by atoms with van der Waals surface area (Å²) in [5.74, 6) is 0.0378. The topological polar surface area (TPSA) is 90.8 Å². The molecular weight excluding hydrogens is 549 g/mol. The molecule has 2 heterocycles. The summed E-state index contributed by atoms with van der Waals surface area (Å²) in [5.41, 5.74) is 1.18. The molecule has 11 heteroatoms. The van der Waals surface area contributed by atoms with Crippen LogP contribution in [-0.4, -0.2) is 66.1 Å². The van der Waals surface area contributed by atoms with E-state index in [4.69, 9.17) is 34.8 Å². The van der Waals surface area contributed by atoms with Crippen LogP contribution in [0.1, 0.15) is 50.0 Å². The van der Waals surface area contributed by atoms with E-state index >= 15 is 0 Å². The summed E-state index contributed by atoms with van der Waals surface area (Å²) in [6.45, 7) is 5.98. The Morgan fingerprint density at radius 3 is 2.37 bits per heavy atom. The van der Waals surface area contributed by atoms with Gasteiger partial charge in [0.15, 0.2) is 0 Å². The van der Waals surface area contributed by atoms with Crippen LogP contribution in [0, 0.1) is 10.1 Å². The van der Waals surface area contributed by atoms with E-state index in [-0.39, 0.29) is 16.6 Å². The number of rotatable bonds is 9. The van der Waals surface area contributed by atoms with Gasteiger partial charge in [-0.15, -0.1) is 0 Å². The number of likely N-dealkylation sites (tertiary alicyclic amines) is 2. The Morgan fingerprint density at radius 2 is 1.71 bits per heavy atom. The fraction of sp³-hybridized carbons (Fsp3) is 0.519. The van der Waals surface area contributed by atoms with E-state index in [1.54, 1.807) is 6.07 Å². The number of nitrogens with zero attached hydrogens (tertiary/aromatic N) is 3. The molecule has 38 heavy (non-hydrogen) atoms. The van der Waals surface area contributed by atoms with Crippen molar-refractivity contribution in [2.75, 3.05) is 44.6 Å². The third kappa shape index (κ3) is 7.96. The number of halogens is 3. The fourth-order valence-electron chi connectivity index (χ4n) is 5.41. The molecule has 2 N–H and O–H groups in total. The number of hydrogen-bond acceptors (Lipinski definition) is 5. The van der Waals surface area contributed by atoms with Crippen molar-refractivity contribution in [3.63, 3.8) is 0 Å². The predicted molar refractivity (Wildman–Crippen MR) is 154 cm³/mol. The summed E-state index contributed by atoms with van der Waals surface area (Å²) in [7, 11) is 0. The number of urea groups is 1. The Kier molecular flexibility index (Phi) is 10.5. The van der Waals surface area contributed by atoms with Crippen molar-refractivity contribution in [3.05, 3.63) is 67.1 Å². The van der Waals surface area contributed by atoms with Gasteiger partial charge in [0, 0.05) is 30.3 Å². The van der Waals surface area contributed by atoms with Gasteiger partial charge in [0.25, 0.3) is 5.69 Å². The first kappa shape index (κ1) is 28.9. The van der Waals surface area contributed by atoms with Crippen LogP contribution < -0.4 is 10.6 Å². The lowest BCUT2D eigenvalue weighted by molar-refractivity contribution is -0.384. The smallest absolute Gasteiger partial charge is 0.319 e. The van der Waals surface area contributed by atoms with E-state index in [2.05, 4.69) is 20.4 Å². The van der Waals surface area contributed by atoms with Crippen molar-refractivity contribution >= 4 is 52.2 Å². The molecule has 0 bridgehead atoms. The molecular formula is C27H34Cl3N5O3. The Morgan fingerprint density at radius 1 is 0.974 bits per heavy atom. The maximum absolute atomic E-state index is 12.6. The molecule has 4 rings (SSSR count). The van der Waals surface area contributed by atoms with Crippen LogP contribution in [0.2, 0.25) is 15.1 Å². The molecule has 0 radical (unpaired) electrons. The van der Waals surface area contributed by atoms with Gasteiger partial charge in [0.2, 0.25) is 0 Å². The Hall–Kier alpha value is -2.10. The second-order valence-corrected chi connectivity index (χ2v) is 11.3. The molecule has 8 nitrogen and oxygen atoms in total. The SMILES string of the molecule is O=C(NCC(CCN1CCC(N2CCCCC2)CC1)c1ccc(Cl)c(Cl)c1)Nc1ccc([N+](=O)[O-])c(Cl)c1. The number of carbonyl (C=O) groups is 1. The number of nitro benzene ring substituents is 1. The molecule has 0 saturated carbocycles. The van der Waals surface area contributed by atoms with E-state index in [0.717, 1.165) is 31.6 Å². The van der Waals surface area contributed by atoms with Gasteiger partial charge in [-0.3, -0.25) is 10.1 Å². The van der Waals surface area contributed by atoms with Crippen molar-refractivity contribution < 1.29 is 9.72 Å². The van der Waals surface area contributed by atoms with Crippen LogP contribution in [0.15, 0.2) is 36.4 Å². The van der Waals surface area contributed by atoms with Gasteiger partial charge in [0.1, 0.15) is 5.02 Å². The van der Waals surface area contributed by atoms with Gasteiger partial charge < -0.3 is 20.4 Å². The molecule has 0 aromatic heterocycles. The predicted octanol–water partition coefficient (Wildman–Crippen LogP) is 6.80. The standard InChI is InChI=1S/C27H34Cl3N5O3/c28-23-6-4-19(16-24(23)29)20(8-13-33-14-9-22(10-15-33)34-11-2-1-3-12-34)18-31-27(36)32-21-5-7-26(35(37)38)25(30)17-21/h4-7,16-17,20,22H,1-3,8-15,18H2,(H2,31,32,36). The van der Waals surface area contributed by atoms with E-state index in [0.29, 0.717) is 28.3 Å². The van der Waals surface area contributed by atoms with Gasteiger partial charge in [-0.2, -0.15) is 0 Å². The number of benzene rings is 2. The molecule has 2 aromatic rings. The number of amides is 2. The van der Waals surface area contributed by atoms with Crippen LogP contribution in [0.3, 0.4) is 0 Å². The molecule has 1 atom stereocenters. The van der Waals surface area contributed by atoms with Crippen molar-refractivity contribution in [3.8, 4) is 0 Å². The average molecular weight is 583 g/mol. The first-order valence-corrected chi connectivity index (χ1v) is 14.3. The minimum absolute atomic E-state index is 0.0365. The maximum atomic E-state index is 12.6. The minimum atomic E-state index is -0.565. The van der Waals surface area contributed by atoms with Crippen LogP contribution in [0.25, 0.3) is 0 Å². The third-order valence-electron chi connectivity index (χ3n) is 7.58. The second-order valence-electron chi connectivity index (χ2n) is 10.1. The number of anilines is 1. The van der Waals surface area contributed by atoms with Crippen LogP contribution in [0.5, 0.6) is 0 Å². The summed E-state index contributed by atoms with van der Waals surface area (Å²) < 4.78 is 0. The lowest BCUT2D eigenvalue weighted by Crippen LogP contribution is -2.47. The summed E-state index contributed by atoms with van der Waals surface area (Å²) >= 11 is 18.4. The lowest BCUT2D eigenvalue weighted by Gasteiger charge is -2.40. The van der Waals surface area contributed by atoms with Crippen molar-refractivity contribution in [2.24, 2.45) is 0 Å². The summed E-state index contributed by atoms with van der Waals surface area (Å²) in [4.78, 5) is 28.2. The van der Waals surface area contributed by atoms with E-state index in [1.807, 2.05) is 12.1 Å². The van der Waals surface area contributed by atoms with E-state index in [9.17, 15) is 14.9 Å². The molecule has 2 aliphatic rings. The highest BCUT2D eigenvalue weighted by molar-refractivity contribution is 6.42. The van der Waals surface area contributed by atoms with Gasteiger partial charge in [0.05, 0.1) is 15.0 Å². The zero-order chi connectivity index (χ0) is 27.1. The second kappa shape index (κ2) is 13.8. The Bertz CT molecular complexity index is 1120. The number of piperidine rings is 2. The number of carbonyl (C=O) groups excluding carboxylic acids is 1. The third-order valence-corrected chi connectivity index (χ3v) is 8.63. The highest BCUT2D eigenvalue weighted by Crippen LogP contribution is 2.30.